The zero-order valence-electron chi connectivity index (χ0n) is 21.3. The highest BCUT2D eigenvalue weighted by molar-refractivity contribution is 6.07. The first-order valence-corrected chi connectivity index (χ1v) is 11.7. The summed E-state index contributed by atoms with van der Waals surface area (Å²) in [6.45, 7) is 6.41. The van der Waals surface area contributed by atoms with Gasteiger partial charge in [-0.05, 0) is 32.9 Å². The molecular formula is C27H32N8O. The Morgan fingerprint density at radius 3 is 2.50 bits per heavy atom. The molecule has 4 aromatic rings. The highest BCUT2D eigenvalue weighted by atomic mass is 16.1. The summed E-state index contributed by atoms with van der Waals surface area (Å²) in [7, 11) is 3.49. The minimum absolute atomic E-state index is 0.181. The van der Waals surface area contributed by atoms with Crippen LogP contribution in [0.4, 0.5) is 5.82 Å². The lowest BCUT2D eigenvalue weighted by atomic mass is 10.0. The molecule has 0 unspecified atom stereocenters. The summed E-state index contributed by atoms with van der Waals surface area (Å²) in [4.78, 5) is 21.6. The average Bonchev–Trinajstić information content (AvgIpc) is 3.56. The minimum atomic E-state index is -0.594. The van der Waals surface area contributed by atoms with Crippen molar-refractivity contribution in [3.8, 4) is 16.9 Å². The molecule has 186 valence electrons. The summed E-state index contributed by atoms with van der Waals surface area (Å²) >= 11 is 0. The van der Waals surface area contributed by atoms with E-state index in [1.165, 1.54) is 0 Å². The fourth-order valence-corrected chi connectivity index (χ4v) is 4.11. The van der Waals surface area contributed by atoms with Gasteiger partial charge in [0, 0.05) is 38.6 Å². The molecule has 36 heavy (non-hydrogen) atoms. The first-order chi connectivity index (χ1) is 17.3. The van der Waals surface area contributed by atoms with E-state index in [0.29, 0.717) is 17.9 Å². The quantitative estimate of drug-likeness (QED) is 0.261. The van der Waals surface area contributed by atoms with Gasteiger partial charge in [0.05, 0.1) is 28.7 Å². The van der Waals surface area contributed by atoms with Gasteiger partial charge >= 0.3 is 0 Å². The second-order valence-electron chi connectivity index (χ2n) is 9.19. The topological polar surface area (TPSA) is 115 Å². The predicted octanol–water partition coefficient (Wildman–Crippen LogP) is 3.59. The van der Waals surface area contributed by atoms with E-state index in [0.717, 1.165) is 33.9 Å². The smallest absolute Gasteiger partial charge is 0.253 e. The van der Waals surface area contributed by atoms with Gasteiger partial charge in [-0.25, -0.2) is 9.67 Å². The van der Waals surface area contributed by atoms with Crippen LogP contribution in [0.2, 0.25) is 0 Å². The summed E-state index contributed by atoms with van der Waals surface area (Å²) in [5.41, 5.74) is 10.6. The molecule has 4 rings (SSSR count). The van der Waals surface area contributed by atoms with Crippen LogP contribution < -0.4 is 16.4 Å². The van der Waals surface area contributed by atoms with Gasteiger partial charge in [-0.1, -0.05) is 42.0 Å². The molecule has 2 aromatic carbocycles. The summed E-state index contributed by atoms with van der Waals surface area (Å²) in [5.74, 6) is 0.932. The number of nitrogens with zero attached hydrogens (tertiary/aromatic N) is 5. The van der Waals surface area contributed by atoms with Crippen LogP contribution in [0.5, 0.6) is 0 Å². The Balaban J connectivity index is 1.68. The fourth-order valence-electron chi connectivity index (χ4n) is 4.11. The van der Waals surface area contributed by atoms with Crippen molar-refractivity contribution in [3.05, 3.63) is 83.9 Å². The number of anilines is 1. The Hall–Kier alpha value is -4.40. The highest BCUT2D eigenvalue weighted by Gasteiger charge is 2.31. The number of aromatic nitrogens is 4. The zero-order chi connectivity index (χ0) is 25.9. The minimum Gasteiger partial charge on any atom is -0.383 e. The van der Waals surface area contributed by atoms with Gasteiger partial charge in [-0.15, -0.1) is 0 Å². The molecule has 9 heteroatoms. The van der Waals surface area contributed by atoms with Crippen LogP contribution in [-0.4, -0.2) is 51.7 Å². The Morgan fingerprint density at radius 1 is 1.14 bits per heavy atom. The number of para-hydroxylation sites is 1. The molecule has 0 aliphatic carbocycles. The zero-order valence-corrected chi connectivity index (χ0v) is 21.3. The molecule has 0 radical (unpaired) electrons. The molecule has 1 amide bonds. The van der Waals surface area contributed by atoms with Crippen LogP contribution >= 0.6 is 0 Å². The summed E-state index contributed by atoms with van der Waals surface area (Å²) in [5, 5.41) is 11.3. The predicted molar refractivity (Wildman–Crippen MR) is 144 cm³/mol. The van der Waals surface area contributed by atoms with E-state index in [2.05, 4.69) is 20.6 Å². The van der Waals surface area contributed by atoms with Crippen LogP contribution in [0.15, 0.2) is 72.2 Å². The highest BCUT2D eigenvalue weighted by Crippen LogP contribution is 2.33. The van der Waals surface area contributed by atoms with Crippen molar-refractivity contribution >= 4 is 17.6 Å². The lowest BCUT2D eigenvalue weighted by Gasteiger charge is -2.28. The second kappa shape index (κ2) is 10.1. The number of aliphatic imine (C=N–C) groups is 1. The van der Waals surface area contributed by atoms with E-state index in [4.69, 9.17) is 10.8 Å². The Morgan fingerprint density at radius 2 is 1.86 bits per heavy atom. The summed E-state index contributed by atoms with van der Waals surface area (Å²) < 4.78 is 3.69. The molecule has 0 fully saturated rings. The number of amidine groups is 1. The van der Waals surface area contributed by atoms with Crippen molar-refractivity contribution in [2.24, 2.45) is 10.7 Å². The van der Waals surface area contributed by atoms with Crippen LogP contribution in [0.25, 0.3) is 16.9 Å². The lowest BCUT2D eigenvalue weighted by Crippen LogP contribution is -2.42. The number of amides is 1. The van der Waals surface area contributed by atoms with E-state index < -0.39 is 5.54 Å². The van der Waals surface area contributed by atoms with Crippen molar-refractivity contribution in [2.75, 3.05) is 26.0 Å². The van der Waals surface area contributed by atoms with Gasteiger partial charge in [-0.2, -0.15) is 5.10 Å². The molecule has 0 bridgehead atoms. The number of hydrogen-bond donors (Lipinski definition) is 3. The second-order valence-corrected chi connectivity index (χ2v) is 9.19. The number of carbonyl (C=O) groups excluding carboxylic acids is 1. The van der Waals surface area contributed by atoms with Crippen LogP contribution in [-0.2, 0) is 5.54 Å². The molecule has 0 saturated carbocycles. The van der Waals surface area contributed by atoms with E-state index >= 15 is 0 Å². The van der Waals surface area contributed by atoms with Crippen molar-refractivity contribution in [1.29, 1.82) is 0 Å². The maximum absolute atomic E-state index is 13.2. The Kier molecular flexibility index (Phi) is 6.91. The molecule has 2 aromatic heterocycles. The Bertz CT molecular complexity index is 1380. The summed E-state index contributed by atoms with van der Waals surface area (Å²) in [6.07, 6.45) is 5.17. The summed E-state index contributed by atoms with van der Waals surface area (Å²) in [6, 6.07) is 15.6. The van der Waals surface area contributed by atoms with Gasteiger partial charge < -0.3 is 20.9 Å². The molecule has 0 aliphatic heterocycles. The molecule has 2 heterocycles. The number of rotatable bonds is 8. The monoisotopic (exact) mass is 484 g/mol. The number of nitrogens with one attached hydrogen (secondary N) is 2. The van der Waals surface area contributed by atoms with Gasteiger partial charge in [0.25, 0.3) is 5.91 Å². The third-order valence-corrected chi connectivity index (χ3v) is 6.13. The maximum atomic E-state index is 13.2. The number of carbonyl (C=O) groups is 1. The number of benzene rings is 2. The van der Waals surface area contributed by atoms with Crippen molar-refractivity contribution in [1.82, 2.24) is 24.6 Å². The number of nitrogens with two attached hydrogens (primary N) is 1. The van der Waals surface area contributed by atoms with E-state index in [1.54, 1.807) is 25.6 Å². The van der Waals surface area contributed by atoms with Crippen molar-refractivity contribution in [3.63, 3.8) is 0 Å². The molecule has 0 spiro atoms. The Labute approximate surface area is 211 Å². The van der Waals surface area contributed by atoms with E-state index in [-0.39, 0.29) is 5.91 Å². The molecule has 4 N–H and O–H groups in total. The van der Waals surface area contributed by atoms with Gasteiger partial charge in [0.15, 0.2) is 0 Å². The number of aryl methyl sites for hydroxylation is 1. The molecule has 0 atom stereocenters. The van der Waals surface area contributed by atoms with Gasteiger partial charge in [0.2, 0.25) is 0 Å². The van der Waals surface area contributed by atoms with Crippen LogP contribution in [0.1, 0.15) is 35.3 Å². The average molecular weight is 485 g/mol. The molecule has 9 nitrogen and oxygen atoms in total. The largest absolute Gasteiger partial charge is 0.383 e. The molecule has 0 aliphatic rings. The van der Waals surface area contributed by atoms with Gasteiger partial charge in [-0.3, -0.25) is 9.79 Å². The number of imidazole rings is 1. The first-order valence-electron chi connectivity index (χ1n) is 11.7. The lowest BCUT2D eigenvalue weighted by molar-refractivity contribution is 0.0936. The van der Waals surface area contributed by atoms with Crippen molar-refractivity contribution < 1.29 is 4.79 Å². The van der Waals surface area contributed by atoms with Crippen LogP contribution in [0.3, 0.4) is 0 Å². The van der Waals surface area contributed by atoms with Crippen molar-refractivity contribution in [2.45, 2.75) is 26.3 Å². The fraction of sp³-hybridized carbons (Fsp3) is 0.259. The van der Waals surface area contributed by atoms with E-state index in [1.807, 2.05) is 85.7 Å². The third-order valence-electron chi connectivity index (χ3n) is 6.13. The van der Waals surface area contributed by atoms with E-state index in [9.17, 15) is 4.79 Å². The molecular weight excluding hydrogens is 452 g/mol. The SMILES string of the molecule is C/N=C(/N)c1c(-c2ccc(C)cc2)nn(C(C)(C)CNC(=O)c2ccccc2-n2ccnc2)c1NC. The normalized spacial score (nSPS) is 12.0. The molecule has 0 saturated heterocycles. The number of hydrogen-bond acceptors (Lipinski definition) is 5. The standard InChI is InChI=1S/C27H32N8O/c1-18-10-12-19(13-11-18)23-22(24(28)29-4)25(30-5)35(33-23)27(2,3)16-32-26(36)20-8-6-7-9-21(20)34-15-14-31-17-34/h6-15,17,30H,16H2,1-5H3,(H2,28,29)(H,32,36). The van der Waals surface area contributed by atoms with Crippen LogP contribution in [0, 0.1) is 6.92 Å². The van der Waals surface area contributed by atoms with Gasteiger partial charge in [0.1, 0.15) is 17.3 Å². The third kappa shape index (κ3) is 4.72. The maximum Gasteiger partial charge on any atom is 0.253 e. The first kappa shape index (κ1) is 24.7.